The summed E-state index contributed by atoms with van der Waals surface area (Å²) < 4.78 is 5.86. The summed E-state index contributed by atoms with van der Waals surface area (Å²) in [6.07, 6.45) is 3.36. The van der Waals surface area contributed by atoms with Crippen LogP contribution in [0.4, 0.5) is 0 Å². The summed E-state index contributed by atoms with van der Waals surface area (Å²) >= 11 is 0. The zero-order valence-electron chi connectivity index (χ0n) is 15.5. The van der Waals surface area contributed by atoms with Crippen molar-refractivity contribution in [3.05, 3.63) is 78.0 Å². The number of aromatic nitrogens is 1. The highest BCUT2D eigenvalue weighted by Crippen LogP contribution is 2.34. The van der Waals surface area contributed by atoms with Crippen LogP contribution in [0.15, 0.2) is 66.9 Å². The lowest BCUT2D eigenvalue weighted by Gasteiger charge is -2.28. The molecule has 27 heavy (non-hydrogen) atoms. The van der Waals surface area contributed by atoms with Gasteiger partial charge in [-0.3, -0.25) is 9.78 Å². The SMILES string of the molecule is C[C@@H](OCc1ccccc1)C(=O)N1CCC[C@@H]1c1ccc2ncccc2c1. The molecular weight excluding hydrogens is 336 g/mol. The first-order valence-electron chi connectivity index (χ1n) is 9.53. The number of benzene rings is 2. The maximum Gasteiger partial charge on any atom is 0.251 e. The Balaban J connectivity index is 1.47. The van der Waals surface area contributed by atoms with Crippen LogP contribution in [0, 0.1) is 0 Å². The van der Waals surface area contributed by atoms with Crippen molar-refractivity contribution in [3.63, 3.8) is 0 Å². The van der Waals surface area contributed by atoms with Gasteiger partial charge in [0, 0.05) is 18.1 Å². The van der Waals surface area contributed by atoms with Crippen molar-refractivity contribution in [3.8, 4) is 0 Å². The number of likely N-dealkylation sites (tertiary alicyclic amines) is 1. The van der Waals surface area contributed by atoms with Crippen LogP contribution in [0.25, 0.3) is 10.9 Å². The largest absolute Gasteiger partial charge is 0.364 e. The van der Waals surface area contributed by atoms with Crippen LogP contribution in [-0.4, -0.2) is 28.4 Å². The second-order valence-electron chi connectivity index (χ2n) is 7.08. The monoisotopic (exact) mass is 360 g/mol. The lowest BCUT2D eigenvalue weighted by Crippen LogP contribution is -2.38. The normalized spacial score (nSPS) is 18.0. The van der Waals surface area contributed by atoms with Crippen molar-refractivity contribution >= 4 is 16.8 Å². The van der Waals surface area contributed by atoms with E-state index in [0.29, 0.717) is 6.61 Å². The molecule has 3 aromatic rings. The Labute approximate surface area is 159 Å². The van der Waals surface area contributed by atoms with Crippen molar-refractivity contribution in [2.75, 3.05) is 6.54 Å². The molecule has 4 rings (SSSR count). The molecule has 1 aliphatic rings. The number of rotatable bonds is 5. The van der Waals surface area contributed by atoms with Crippen molar-refractivity contribution in [1.29, 1.82) is 0 Å². The highest BCUT2D eigenvalue weighted by atomic mass is 16.5. The lowest BCUT2D eigenvalue weighted by atomic mass is 10.0. The standard InChI is InChI=1S/C23H24N2O2/c1-17(27-16-18-7-3-2-4-8-18)23(26)25-14-6-10-22(25)20-11-12-21-19(15-20)9-5-13-24-21/h2-5,7-9,11-13,15,17,22H,6,10,14,16H2,1H3/t17-,22-/m1/s1. The topological polar surface area (TPSA) is 42.4 Å². The fraction of sp³-hybridized carbons (Fsp3) is 0.304. The van der Waals surface area contributed by atoms with E-state index in [1.54, 1.807) is 6.20 Å². The molecule has 2 heterocycles. The summed E-state index contributed by atoms with van der Waals surface area (Å²) in [5.41, 5.74) is 3.24. The van der Waals surface area contributed by atoms with Gasteiger partial charge in [0.15, 0.2) is 0 Å². The highest BCUT2D eigenvalue weighted by molar-refractivity contribution is 5.82. The Hall–Kier alpha value is -2.72. The molecule has 0 spiro atoms. The first kappa shape index (κ1) is 17.7. The molecule has 0 radical (unpaired) electrons. The maximum atomic E-state index is 13.0. The van der Waals surface area contributed by atoms with Gasteiger partial charge in [-0.2, -0.15) is 0 Å². The minimum Gasteiger partial charge on any atom is -0.364 e. The molecule has 4 nitrogen and oxygen atoms in total. The number of carbonyl (C=O) groups excluding carboxylic acids is 1. The third-order valence-electron chi connectivity index (χ3n) is 5.24. The van der Waals surface area contributed by atoms with Crippen LogP contribution >= 0.6 is 0 Å². The van der Waals surface area contributed by atoms with Gasteiger partial charge in [0.25, 0.3) is 5.91 Å². The van der Waals surface area contributed by atoms with Crippen molar-refractivity contribution in [1.82, 2.24) is 9.88 Å². The van der Waals surface area contributed by atoms with E-state index in [4.69, 9.17) is 4.74 Å². The van der Waals surface area contributed by atoms with Crippen LogP contribution in [0.5, 0.6) is 0 Å². The van der Waals surface area contributed by atoms with Crippen LogP contribution in [0.3, 0.4) is 0 Å². The third kappa shape index (κ3) is 3.86. The number of ether oxygens (including phenoxy) is 1. The van der Waals surface area contributed by atoms with Crippen LogP contribution in [-0.2, 0) is 16.1 Å². The third-order valence-corrected chi connectivity index (χ3v) is 5.24. The van der Waals surface area contributed by atoms with Gasteiger partial charge >= 0.3 is 0 Å². The number of hydrogen-bond donors (Lipinski definition) is 0. The van der Waals surface area contributed by atoms with Gasteiger partial charge in [-0.1, -0.05) is 42.5 Å². The van der Waals surface area contributed by atoms with Crippen LogP contribution in [0.2, 0.25) is 0 Å². The van der Waals surface area contributed by atoms with Crippen molar-refractivity contribution < 1.29 is 9.53 Å². The fourth-order valence-corrected chi connectivity index (χ4v) is 3.78. The van der Waals surface area contributed by atoms with Crippen molar-refractivity contribution in [2.45, 2.75) is 38.5 Å². The summed E-state index contributed by atoms with van der Waals surface area (Å²) in [7, 11) is 0. The number of hydrogen-bond acceptors (Lipinski definition) is 3. The zero-order valence-corrected chi connectivity index (χ0v) is 15.5. The molecule has 1 fully saturated rings. The number of fused-ring (bicyclic) bond motifs is 1. The van der Waals surface area contributed by atoms with Gasteiger partial charge < -0.3 is 9.64 Å². The molecule has 0 N–H and O–H groups in total. The number of pyridine rings is 1. The molecule has 2 atom stereocenters. The second-order valence-corrected chi connectivity index (χ2v) is 7.08. The Bertz CT molecular complexity index is 926. The predicted molar refractivity (Wildman–Crippen MR) is 106 cm³/mol. The van der Waals surface area contributed by atoms with Crippen LogP contribution < -0.4 is 0 Å². The molecule has 4 heteroatoms. The van der Waals surface area contributed by atoms with E-state index in [9.17, 15) is 4.79 Å². The van der Waals surface area contributed by atoms with E-state index >= 15 is 0 Å². The van der Waals surface area contributed by atoms with Gasteiger partial charge in [-0.05, 0) is 49.1 Å². The number of carbonyl (C=O) groups is 1. The summed E-state index contributed by atoms with van der Waals surface area (Å²) in [6.45, 7) is 3.09. The minimum atomic E-state index is -0.451. The summed E-state index contributed by atoms with van der Waals surface area (Å²) in [5, 5.41) is 1.11. The summed E-state index contributed by atoms with van der Waals surface area (Å²) in [4.78, 5) is 19.4. The molecule has 1 saturated heterocycles. The van der Waals surface area contributed by atoms with E-state index in [0.717, 1.165) is 35.9 Å². The Morgan fingerprint density at radius 3 is 2.89 bits per heavy atom. The molecule has 1 amide bonds. The van der Waals surface area contributed by atoms with E-state index in [1.165, 1.54) is 5.56 Å². The maximum absolute atomic E-state index is 13.0. The molecule has 1 aromatic heterocycles. The molecule has 0 bridgehead atoms. The average molecular weight is 360 g/mol. The molecule has 0 unspecified atom stereocenters. The lowest BCUT2D eigenvalue weighted by molar-refractivity contribution is -0.144. The second kappa shape index (κ2) is 7.89. The smallest absolute Gasteiger partial charge is 0.251 e. The van der Waals surface area contributed by atoms with E-state index < -0.39 is 6.10 Å². The molecule has 1 aliphatic heterocycles. The quantitative estimate of drug-likeness (QED) is 0.673. The van der Waals surface area contributed by atoms with Crippen LogP contribution in [0.1, 0.15) is 36.9 Å². The Kier molecular flexibility index (Phi) is 5.16. The summed E-state index contributed by atoms with van der Waals surface area (Å²) in [5.74, 6) is 0.0692. The molecular formula is C23H24N2O2. The van der Waals surface area contributed by atoms with Gasteiger partial charge in [0.2, 0.25) is 0 Å². The van der Waals surface area contributed by atoms with E-state index in [2.05, 4.69) is 23.2 Å². The van der Waals surface area contributed by atoms with Gasteiger partial charge in [-0.25, -0.2) is 0 Å². The van der Waals surface area contributed by atoms with E-state index in [-0.39, 0.29) is 11.9 Å². The van der Waals surface area contributed by atoms with Gasteiger partial charge in [0.05, 0.1) is 18.2 Å². The predicted octanol–water partition coefficient (Wildman–Crippen LogP) is 4.50. The Morgan fingerprint density at radius 2 is 2.04 bits per heavy atom. The van der Waals surface area contributed by atoms with Gasteiger partial charge in [0.1, 0.15) is 6.10 Å². The highest BCUT2D eigenvalue weighted by Gasteiger charge is 2.32. The zero-order chi connectivity index (χ0) is 18.6. The van der Waals surface area contributed by atoms with Crippen molar-refractivity contribution in [2.24, 2.45) is 0 Å². The van der Waals surface area contributed by atoms with E-state index in [1.807, 2.05) is 54.3 Å². The first-order valence-corrected chi connectivity index (χ1v) is 9.53. The minimum absolute atomic E-state index is 0.0692. The Morgan fingerprint density at radius 1 is 1.19 bits per heavy atom. The molecule has 138 valence electrons. The molecule has 2 aromatic carbocycles. The summed E-state index contributed by atoms with van der Waals surface area (Å²) in [6, 6.07) is 20.4. The number of amides is 1. The average Bonchev–Trinajstić information content (AvgIpc) is 3.21. The first-order chi connectivity index (χ1) is 13.2. The molecule has 0 aliphatic carbocycles. The van der Waals surface area contributed by atoms with Gasteiger partial charge in [-0.15, -0.1) is 0 Å². The molecule has 0 saturated carbocycles. The number of nitrogens with zero attached hydrogens (tertiary/aromatic N) is 2. The fourth-order valence-electron chi connectivity index (χ4n) is 3.78.